The number of esters is 2. The van der Waals surface area contributed by atoms with Gasteiger partial charge in [0.15, 0.2) is 12.4 Å². The lowest BCUT2D eigenvalue weighted by atomic mass is 10.0. The number of ether oxygens (including phenoxy) is 4. The monoisotopic (exact) mass is 1370 g/mol. The van der Waals surface area contributed by atoms with E-state index in [1.807, 2.05) is 21.1 Å². The number of carboxylic acids is 1. The zero-order valence-electron chi connectivity index (χ0n) is 64.6. The first-order valence-corrected chi connectivity index (χ1v) is 40.6. The molecule has 0 aliphatic carbocycles. The Balaban J connectivity index is 4.05. The molecule has 0 heterocycles. The summed E-state index contributed by atoms with van der Waals surface area (Å²) in [5.41, 5.74) is 0. The Morgan fingerprint density at radius 3 is 0.808 bits per heavy atom. The molecule has 0 saturated carbocycles. The number of carbonyl (C=O) groups excluding carboxylic acids is 3. The maximum Gasteiger partial charge on any atom is 0.306 e. The van der Waals surface area contributed by atoms with E-state index in [0.717, 1.165) is 122 Å². The van der Waals surface area contributed by atoms with E-state index in [1.165, 1.54) is 180 Å². The van der Waals surface area contributed by atoms with Gasteiger partial charge >= 0.3 is 11.9 Å². The minimum absolute atomic E-state index is 0.143. The second-order valence-corrected chi connectivity index (χ2v) is 27.9. The quantitative estimate of drug-likeness (QED) is 0.0195. The SMILES string of the molecule is CC/C=C\C/C=C\C/C=C\C/C=C\C/C=C\C/C=C\C/C=C\C/C=C\C/C=C\CCCCCCCCCCCCCCCC(=O)OC(COC(=O)CCCCCCCCCCCCCCCCCCCCCC/C=C\C/C=C\C/C=C\C/C=C\CC)COC(OCC[N+](C)(C)C)C(=O)[O-]. The lowest BCUT2D eigenvalue weighted by molar-refractivity contribution is -0.870. The fourth-order valence-corrected chi connectivity index (χ4v) is 11.2. The first-order valence-electron chi connectivity index (χ1n) is 40.6. The molecular weight excluding hydrogens is 1220 g/mol. The van der Waals surface area contributed by atoms with E-state index in [4.69, 9.17) is 18.9 Å². The number of allylic oxidation sites excluding steroid dienone is 26. The number of unbranched alkanes of at least 4 members (excludes halogenated alkanes) is 33. The predicted octanol–water partition coefficient (Wildman–Crippen LogP) is 25.0. The molecule has 0 saturated heterocycles. The average Bonchev–Trinajstić information content (AvgIpc) is 2.62. The molecule has 0 spiro atoms. The van der Waals surface area contributed by atoms with Crippen LogP contribution in [0.2, 0.25) is 0 Å². The number of rotatable bonds is 74. The van der Waals surface area contributed by atoms with Crippen LogP contribution in [0.25, 0.3) is 0 Å². The Labute approximate surface area is 610 Å². The molecule has 0 bridgehead atoms. The number of hydrogen-bond donors (Lipinski definition) is 0. The summed E-state index contributed by atoms with van der Waals surface area (Å²) in [7, 11) is 5.94. The van der Waals surface area contributed by atoms with Crippen molar-refractivity contribution in [2.75, 3.05) is 47.5 Å². The Bertz CT molecular complexity index is 2200. The van der Waals surface area contributed by atoms with E-state index < -0.39 is 24.3 Å². The normalized spacial score (nSPS) is 13.5. The molecule has 0 rings (SSSR count). The molecule has 0 aliphatic rings. The molecule has 0 N–H and O–H groups in total. The van der Waals surface area contributed by atoms with Crippen LogP contribution < -0.4 is 5.11 Å². The molecule has 0 aliphatic heterocycles. The van der Waals surface area contributed by atoms with Crippen LogP contribution in [0.15, 0.2) is 158 Å². The molecule has 0 amide bonds. The second-order valence-electron chi connectivity index (χ2n) is 27.9. The summed E-state index contributed by atoms with van der Waals surface area (Å²) in [6.07, 6.45) is 114. The summed E-state index contributed by atoms with van der Waals surface area (Å²) in [4.78, 5) is 37.6. The van der Waals surface area contributed by atoms with Crippen molar-refractivity contribution in [1.29, 1.82) is 0 Å². The van der Waals surface area contributed by atoms with Crippen molar-refractivity contribution in [3.8, 4) is 0 Å². The zero-order valence-corrected chi connectivity index (χ0v) is 64.6. The van der Waals surface area contributed by atoms with Crippen molar-refractivity contribution in [1.82, 2.24) is 0 Å². The molecule has 2 atom stereocenters. The Morgan fingerprint density at radius 1 is 0.303 bits per heavy atom. The topological polar surface area (TPSA) is 111 Å². The van der Waals surface area contributed by atoms with Crippen LogP contribution in [0.4, 0.5) is 0 Å². The Kier molecular flexibility index (Phi) is 74.6. The van der Waals surface area contributed by atoms with E-state index >= 15 is 0 Å². The lowest BCUT2D eigenvalue weighted by Crippen LogP contribution is -2.44. The van der Waals surface area contributed by atoms with Crippen LogP contribution in [0, 0.1) is 0 Å². The van der Waals surface area contributed by atoms with Gasteiger partial charge in [0.1, 0.15) is 13.2 Å². The number of hydrogen-bond acceptors (Lipinski definition) is 8. The number of nitrogens with zero attached hydrogens (tertiary/aromatic N) is 1. The van der Waals surface area contributed by atoms with Gasteiger partial charge in [-0.1, -0.05) is 358 Å². The first-order chi connectivity index (χ1) is 48.6. The molecule has 99 heavy (non-hydrogen) atoms. The molecule has 2 unspecified atom stereocenters. The van der Waals surface area contributed by atoms with Gasteiger partial charge in [-0.05, 0) is 122 Å². The Morgan fingerprint density at radius 2 is 0.545 bits per heavy atom. The Hall–Kier alpha value is -5.09. The van der Waals surface area contributed by atoms with Gasteiger partial charge in [0.25, 0.3) is 0 Å². The lowest BCUT2D eigenvalue weighted by Gasteiger charge is -2.26. The van der Waals surface area contributed by atoms with Crippen molar-refractivity contribution >= 4 is 17.9 Å². The molecule has 0 radical (unpaired) electrons. The van der Waals surface area contributed by atoms with Crippen molar-refractivity contribution in [3.05, 3.63) is 158 Å². The minimum atomic E-state index is -1.63. The molecule has 0 aromatic heterocycles. The van der Waals surface area contributed by atoms with E-state index in [1.54, 1.807) is 0 Å². The molecule has 564 valence electrons. The van der Waals surface area contributed by atoms with Crippen molar-refractivity contribution in [2.45, 2.75) is 347 Å². The number of carboxylic acid groups (broad SMARTS) is 1. The smallest absolute Gasteiger partial charge is 0.306 e. The zero-order chi connectivity index (χ0) is 71.8. The highest BCUT2D eigenvalue weighted by atomic mass is 16.7. The number of carbonyl (C=O) groups is 3. The fraction of sp³-hybridized carbons (Fsp3) is 0.678. The third-order valence-corrected chi connectivity index (χ3v) is 17.3. The van der Waals surface area contributed by atoms with E-state index in [-0.39, 0.29) is 38.6 Å². The van der Waals surface area contributed by atoms with Crippen LogP contribution >= 0.6 is 0 Å². The van der Waals surface area contributed by atoms with Gasteiger partial charge in [-0.25, -0.2) is 0 Å². The molecule has 0 aromatic carbocycles. The summed E-state index contributed by atoms with van der Waals surface area (Å²) >= 11 is 0. The van der Waals surface area contributed by atoms with E-state index in [0.29, 0.717) is 17.4 Å². The predicted molar refractivity (Wildman–Crippen MR) is 425 cm³/mol. The van der Waals surface area contributed by atoms with Crippen molar-refractivity contribution in [3.63, 3.8) is 0 Å². The molecular formula is C90H151NO8. The highest BCUT2D eigenvalue weighted by molar-refractivity contribution is 5.70. The largest absolute Gasteiger partial charge is 0.545 e. The van der Waals surface area contributed by atoms with E-state index in [9.17, 15) is 19.5 Å². The van der Waals surface area contributed by atoms with E-state index in [2.05, 4.69) is 172 Å². The summed E-state index contributed by atoms with van der Waals surface area (Å²) in [6.45, 7) is 4.54. The van der Waals surface area contributed by atoms with Gasteiger partial charge in [-0.3, -0.25) is 9.59 Å². The summed E-state index contributed by atoms with van der Waals surface area (Å²) in [5.74, 6) is -2.28. The molecule has 9 heteroatoms. The van der Waals surface area contributed by atoms with Gasteiger partial charge in [0, 0.05) is 12.8 Å². The maximum atomic E-state index is 13.0. The number of likely N-dealkylation sites (N-methyl/N-ethyl adjacent to an activating group) is 1. The fourth-order valence-electron chi connectivity index (χ4n) is 11.2. The van der Waals surface area contributed by atoms with Crippen molar-refractivity contribution in [2.24, 2.45) is 0 Å². The summed E-state index contributed by atoms with van der Waals surface area (Å²) in [6, 6.07) is 0. The first kappa shape index (κ1) is 93.9. The van der Waals surface area contributed by atoms with Gasteiger partial charge in [-0.2, -0.15) is 0 Å². The highest BCUT2D eigenvalue weighted by Crippen LogP contribution is 2.18. The van der Waals surface area contributed by atoms with Crippen LogP contribution in [0.1, 0.15) is 335 Å². The maximum absolute atomic E-state index is 13.0. The molecule has 0 aromatic rings. The van der Waals surface area contributed by atoms with Crippen LogP contribution in [0.5, 0.6) is 0 Å². The number of aliphatic carboxylic acids is 1. The van der Waals surface area contributed by atoms with Crippen molar-refractivity contribution < 1.29 is 42.9 Å². The summed E-state index contributed by atoms with van der Waals surface area (Å²) < 4.78 is 22.9. The van der Waals surface area contributed by atoms with Crippen LogP contribution in [0.3, 0.4) is 0 Å². The number of quaternary nitrogens is 1. The van der Waals surface area contributed by atoms with Crippen LogP contribution in [-0.4, -0.2) is 82.3 Å². The van der Waals surface area contributed by atoms with Gasteiger partial charge in [0.05, 0.1) is 40.3 Å². The van der Waals surface area contributed by atoms with Gasteiger partial charge in [0.2, 0.25) is 0 Å². The third kappa shape index (κ3) is 80.1. The van der Waals surface area contributed by atoms with Crippen LogP contribution in [-0.2, 0) is 33.3 Å². The highest BCUT2D eigenvalue weighted by Gasteiger charge is 2.22. The minimum Gasteiger partial charge on any atom is -0.545 e. The van der Waals surface area contributed by atoms with Gasteiger partial charge in [-0.15, -0.1) is 0 Å². The summed E-state index contributed by atoms with van der Waals surface area (Å²) in [5, 5.41) is 11.9. The third-order valence-electron chi connectivity index (χ3n) is 17.3. The average molecular weight is 1380 g/mol. The molecule has 0 fully saturated rings. The second kappa shape index (κ2) is 78.6. The van der Waals surface area contributed by atoms with Gasteiger partial charge < -0.3 is 33.3 Å². The standard InChI is InChI=1S/C90H151NO8/c1-6-8-10-12-14-16-18-20-22-24-26-28-30-32-34-36-38-40-41-42-43-44-45-46-47-49-51-53-55-57-59-61-63-65-67-69-71-73-75-77-79-81-88(93)99-86(85-98-90(89(94)95)96-83-82-91(3,4)5)84-97-87(92)80-78-76-74-72-70-68-66-64-62-60-58-56-54-52-50-48-39-37-35-33-31-29-27-25-23-21-19-17-15-13-11-9-7-2/h8-11,14-17,20-23,26-29,32,34,38,40,42-43,45-46,49,51,86,90H,6-7,12-13,18-19,24-25,30-31,33,35-37,39,41,44,47-48,50,52-85H2,1-5H3/b10-8-,11-9-,16-14-,17-15-,22-20-,23-21-,28-26-,29-27-,34-32-,40-38-,43-42-,46-45-,51-49-. The molecule has 9 nitrogen and oxygen atoms in total.